The fourth-order valence-corrected chi connectivity index (χ4v) is 3.63. The highest BCUT2D eigenvalue weighted by Gasteiger charge is 2.10. The highest BCUT2D eigenvalue weighted by molar-refractivity contribution is 5.76. The molecule has 2 aromatic carbocycles. The van der Waals surface area contributed by atoms with E-state index in [4.69, 9.17) is 0 Å². The van der Waals surface area contributed by atoms with Crippen LogP contribution < -0.4 is 5.32 Å². The summed E-state index contributed by atoms with van der Waals surface area (Å²) in [6, 6.07) is 14.9. The SMILES string of the molecule is O=C(CCc1cccc(F)c1)NCc1cccc(CN2CCCCCC2)c1. The fraction of sp³-hybridized carbons (Fsp3) is 0.435. The largest absolute Gasteiger partial charge is 0.352 e. The van der Waals surface area contributed by atoms with Crippen LogP contribution in [-0.2, 0) is 24.3 Å². The molecular formula is C23H29FN2O. The average molecular weight is 368 g/mol. The number of hydrogen-bond donors (Lipinski definition) is 1. The number of nitrogens with one attached hydrogen (secondary N) is 1. The molecule has 0 atom stereocenters. The molecule has 1 aliphatic heterocycles. The van der Waals surface area contributed by atoms with Gasteiger partial charge < -0.3 is 5.32 Å². The third-order valence-corrected chi connectivity index (χ3v) is 5.12. The van der Waals surface area contributed by atoms with Crippen molar-refractivity contribution >= 4 is 5.91 Å². The Morgan fingerprint density at radius 1 is 0.926 bits per heavy atom. The number of likely N-dealkylation sites (tertiary alicyclic amines) is 1. The molecule has 1 amide bonds. The molecule has 3 rings (SSSR count). The zero-order valence-electron chi connectivity index (χ0n) is 15.9. The van der Waals surface area contributed by atoms with Gasteiger partial charge in [0.1, 0.15) is 5.82 Å². The molecule has 0 spiro atoms. The minimum atomic E-state index is -0.255. The number of benzene rings is 2. The molecule has 0 aromatic heterocycles. The Morgan fingerprint density at radius 2 is 1.63 bits per heavy atom. The Kier molecular flexibility index (Phi) is 7.40. The van der Waals surface area contributed by atoms with Gasteiger partial charge in [0.15, 0.2) is 0 Å². The van der Waals surface area contributed by atoms with E-state index >= 15 is 0 Å². The molecular weight excluding hydrogens is 339 g/mol. The Labute approximate surface area is 161 Å². The molecule has 1 saturated heterocycles. The zero-order chi connectivity index (χ0) is 18.9. The van der Waals surface area contributed by atoms with Crippen molar-refractivity contribution in [1.29, 1.82) is 0 Å². The summed E-state index contributed by atoms with van der Waals surface area (Å²) in [5.74, 6) is -0.258. The Bertz CT molecular complexity index is 739. The minimum absolute atomic E-state index is 0.00261. The van der Waals surface area contributed by atoms with Crippen molar-refractivity contribution in [3.63, 3.8) is 0 Å². The number of halogens is 1. The lowest BCUT2D eigenvalue weighted by molar-refractivity contribution is -0.121. The number of carbonyl (C=O) groups excluding carboxylic acids is 1. The molecule has 0 radical (unpaired) electrons. The van der Waals surface area contributed by atoms with Crippen molar-refractivity contribution in [2.24, 2.45) is 0 Å². The zero-order valence-corrected chi connectivity index (χ0v) is 15.9. The van der Waals surface area contributed by atoms with Gasteiger partial charge in [0.2, 0.25) is 5.91 Å². The Balaban J connectivity index is 1.45. The predicted octanol–water partition coefficient (Wildman–Crippen LogP) is 4.45. The van der Waals surface area contributed by atoms with Crippen molar-refractivity contribution in [3.05, 3.63) is 71.0 Å². The van der Waals surface area contributed by atoms with Crippen LogP contribution in [0, 0.1) is 5.82 Å². The first-order valence-corrected chi connectivity index (χ1v) is 10.0. The first kappa shape index (κ1) is 19.6. The van der Waals surface area contributed by atoms with Gasteiger partial charge in [-0.15, -0.1) is 0 Å². The topological polar surface area (TPSA) is 32.3 Å². The fourth-order valence-electron chi connectivity index (χ4n) is 3.63. The molecule has 4 heteroatoms. The molecule has 0 bridgehead atoms. The van der Waals surface area contributed by atoms with Crippen LogP contribution in [0.3, 0.4) is 0 Å². The maximum atomic E-state index is 13.2. The number of amides is 1. The van der Waals surface area contributed by atoms with Crippen LogP contribution in [0.1, 0.15) is 48.8 Å². The van der Waals surface area contributed by atoms with Crippen molar-refractivity contribution in [2.45, 2.75) is 51.6 Å². The first-order chi connectivity index (χ1) is 13.2. The van der Waals surface area contributed by atoms with Crippen LogP contribution in [0.25, 0.3) is 0 Å². The molecule has 27 heavy (non-hydrogen) atoms. The van der Waals surface area contributed by atoms with Crippen molar-refractivity contribution in [3.8, 4) is 0 Å². The summed E-state index contributed by atoms with van der Waals surface area (Å²) in [4.78, 5) is 14.6. The summed E-state index contributed by atoms with van der Waals surface area (Å²) in [5.41, 5.74) is 3.29. The Morgan fingerprint density at radius 3 is 2.41 bits per heavy atom. The van der Waals surface area contributed by atoms with Gasteiger partial charge in [-0.1, -0.05) is 49.2 Å². The molecule has 1 heterocycles. The van der Waals surface area contributed by atoms with Crippen LogP contribution in [0.5, 0.6) is 0 Å². The van der Waals surface area contributed by atoms with Gasteiger partial charge in [-0.2, -0.15) is 0 Å². The lowest BCUT2D eigenvalue weighted by atomic mass is 10.1. The number of carbonyl (C=O) groups is 1. The van der Waals surface area contributed by atoms with E-state index in [1.165, 1.54) is 56.5 Å². The van der Waals surface area contributed by atoms with E-state index in [0.29, 0.717) is 19.4 Å². The first-order valence-electron chi connectivity index (χ1n) is 10.0. The van der Waals surface area contributed by atoms with Gasteiger partial charge in [-0.25, -0.2) is 4.39 Å². The molecule has 1 N–H and O–H groups in total. The van der Waals surface area contributed by atoms with Gasteiger partial charge in [0, 0.05) is 19.5 Å². The molecule has 2 aromatic rings. The molecule has 144 valence electrons. The number of rotatable bonds is 7. The van der Waals surface area contributed by atoms with Gasteiger partial charge in [0.05, 0.1) is 0 Å². The summed E-state index contributed by atoms with van der Waals surface area (Å²) >= 11 is 0. The van der Waals surface area contributed by atoms with E-state index in [0.717, 1.165) is 17.7 Å². The molecule has 1 fully saturated rings. The monoisotopic (exact) mass is 368 g/mol. The average Bonchev–Trinajstić information content (AvgIpc) is 2.94. The predicted molar refractivity (Wildman–Crippen MR) is 107 cm³/mol. The summed E-state index contributed by atoms with van der Waals surface area (Å²) in [5, 5.41) is 2.98. The maximum absolute atomic E-state index is 13.2. The normalized spacial score (nSPS) is 15.3. The smallest absolute Gasteiger partial charge is 0.220 e. The lowest BCUT2D eigenvalue weighted by Gasteiger charge is -2.20. The third-order valence-electron chi connectivity index (χ3n) is 5.12. The van der Waals surface area contributed by atoms with E-state index in [-0.39, 0.29) is 11.7 Å². The molecule has 0 saturated carbocycles. The van der Waals surface area contributed by atoms with E-state index in [2.05, 4.69) is 34.5 Å². The molecule has 3 nitrogen and oxygen atoms in total. The maximum Gasteiger partial charge on any atom is 0.220 e. The summed E-state index contributed by atoms with van der Waals surface area (Å²) in [7, 11) is 0. The van der Waals surface area contributed by atoms with E-state index in [9.17, 15) is 9.18 Å². The summed E-state index contributed by atoms with van der Waals surface area (Å²) in [6.45, 7) is 3.89. The second kappa shape index (κ2) is 10.2. The van der Waals surface area contributed by atoms with Gasteiger partial charge in [0.25, 0.3) is 0 Å². The lowest BCUT2D eigenvalue weighted by Crippen LogP contribution is -2.24. The van der Waals surface area contributed by atoms with E-state index < -0.39 is 0 Å². The second-order valence-corrected chi connectivity index (χ2v) is 7.42. The number of hydrogen-bond acceptors (Lipinski definition) is 2. The number of nitrogens with zero attached hydrogens (tertiary/aromatic N) is 1. The van der Waals surface area contributed by atoms with Crippen LogP contribution >= 0.6 is 0 Å². The highest BCUT2D eigenvalue weighted by Crippen LogP contribution is 2.14. The quantitative estimate of drug-likeness (QED) is 0.783. The van der Waals surface area contributed by atoms with E-state index in [1.54, 1.807) is 6.07 Å². The highest BCUT2D eigenvalue weighted by atomic mass is 19.1. The van der Waals surface area contributed by atoms with Crippen LogP contribution in [0.15, 0.2) is 48.5 Å². The summed E-state index contributed by atoms with van der Waals surface area (Å²) in [6.07, 6.45) is 6.20. The standard InChI is InChI=1S/C23H29FN2O/c24-22-10-6-7-19(16-22)11-12-23(27)25-17-20-8-5-9-21(15-20)18-26-13-3-1-2-4-14-26/h5-10,15-16H,1-4,11-14,17-18H2,(H,25,27). The van der Waals surface area contributed by atoms with Crippen LogP contribution in [0.4, 0.5) is 4.39 Å². The van der Waals surface area contributed by atoms with Crippen LogP contribution in [0.2, 0.25) is 0 Å². The third kappa shape index (κ3) is 6.79. The molecule has 0 unspecified atom stereocenters. The molecule has 1 aliphatic rings. The van der Waals surface area contributed by atoms with Gasteiger partial charge >= 0.3 is 0 Å². The summed E-state index contributed by atoms with van der Waals surface area (Å²) < 4.78 is 13.2. The van der Waals surface area contributed by atoms with Crippen molar-refractivity contribution in [1.82, 2.24) is 10.2 Å². The Hall–Kier alpha value is -2.20. The van der Waals surface area contributed by atoms with Crippen LogP contribution in [-0.4, -0.2) is 23.9 Å². The van der Waals surface area contributed by atoms with Crippen molar-refractivity contribution in [2.75, 3.05) is 13.1 Å². The van der Waals surface area contributed by atoms with E-state index in [1.807, 2.05) is 6.07 Å². The van der Waals surface area contributed by atoms with Gasteiger partial charge in [-0.05, 0) is 61.2 Å². The van der Waals surface area contributed by atoms with Crippen molar-refractivity contribution < 1.29 is 9.18 Å². The molecule has 0 aliphatic carbocycles. The van der Waals surface area contributed by atoms with Gasteiger partial charge in [-0.3, -0.25) is 9.69 Å². The minimum Gasteiger partial charge on any atom is -0.352 e. The second-order valence-electron chi connectivity index (χ2n) is 7.42. The number of aryl methyl sites for hydroxylation is 1.